The largest absolute Gasteiger partial charge is 0.272 e. The average Bonchev–Trinajstić information content (AvgIpc) is 1.89. The van der Waals surface area contributed by atoms with Crippen LogP contribution in [-0.2, 0) is 0 Å². The third-order valence-corrected chi connectivity index (χ3v) is 2.08. The van der Waals surface area contributed by atoms with Gasteiger partial charge in [-0.2, -0.15) is 0 Å². The standard InChI is InChI=1S/C6H12N2O2/c7-6(8(9)10)4-2-1-3-5-6/h1-5,7H2. The number of rotatable bonds is 1. The highest BCUT2D eigenvalue weighted by atomic mass is 16.6. The molecule has 0 heterocycles. The molecule has 0 bridgehead atoms. The summed E-state index contributed by atoms with van der Waals surface area (Å²) in [5.41, 5.74) is 4.40. The molecule has 1 saturated carbocycles. The Hall–Kier alpha value is -0.640. The predicted molar refractivity (Wildman–Crippen MR) is 37.0 cm³/mol. The van der Waals surface area contributed by atoms with Gasteiger partial charge >= 0.3 is 0 Å². The summed E-state index contributed by atoms with van der Waals surface area (Å²) in [6.45, 7) is 0. The van der Waals surface area contributed by atoms with Crippen molar-refractivity contribution in [3.8, 4) is 0 Å². The summed E-state index contributed by atoms with van der Waals surface area (Å²) in [5, 5.41) is 10.4. The first kappa shape index (κ1) is 7.47. The fourth-order valence-electron chi connectivity index (χ4n) is 1.35. The van der Waals surface area contributed by atoms with Crippen molar-refractivity contribution in [1.82, 2.24) is 0 Å². The van der Waals surface area contributed by atoms with E-state index in [1.54, 1.807) is 0 Å². The highest BCUT2D eigenvalue weighted by Crippen LogP contribution is 2.25. The zero-order valence-corrected chi connectivity index (χ0v) is 5.88. The zero-order chi connectivity index (χ0) is 7.61. The molecule has 0 spiro atoms. The average molecular weight is 144 g/mol. The van der Waals surface area contributed by atoms with Crippen molar-refractivity contribution in [1.29, 1.82) is 0 Å². The number of hydrogen-bond donors (Lipinski definition) is 1. The van der Waals surface area contributed by atoms with Gasteiger partial charge in [0.05, 0.1) is 0 Å². The van der Waals surface area contributed by atoms with E-state index in [2.05, 4.69) is 0 Å². The Morgan fingerprint density at radius 2 is 1.80 bits per heavy atom. The number of nitro groups is 1. The topological polar surface area (TPSA) is 69.2 Å². The van der Waals surface area contributed by atoms with Gasteiger partial charge < -0.3 is 0 Å². The molecule has 4 heteroatoms. The molecular formula is C6H12N2O2. The number of nitrogens with zero attached hydrogens (tertiary/aromatic N) is 1. The lowest BCUT2D eigenvalue weighted by Crippen LogP contribution is -2.48. The van der Waals surface area contributed by atoms with E-state index in [0.29, 0.717) is 12.8 Å². The summed E-state index contributed by atoms with van der Waals surface area (Å²) in [6, 6.07) is 0. The SMILES string of the molecule is NC1([N+](=O)[O-])CCCCC1. The van der Waals surface area contributed by atoms with Crippen molar-refractivity contribution in [2.75, 3.05) is 0 Å². The van der Waals surface area contributed by atoms with E-state index in [1.807, 2.05) is 0 Å². The van der Waals surface area contributed by atoms with Crippen molar-refractivity contribution >= 4 is 0 Å². The van der Waals surface area contributed by atoms with E-state index < -0.39 is 5.66 Å². The minimum absolute atomic E-state index is 0.341. The second-order valence-corrected chi connectivity index (χ2v) is 2.92. The molecule has 1 aliphatic rings. The molecular weight excluding hydrogens is 132 g/mol. The van der Waals surface area contributed by atoms with Gasteiger partial charge in [-0.15, -0.1) is 0 Å². The maximum Gasteiger partial charge on any atom is 0.272 e. The van der Waals surface area contributed by atoms with Crippen LogP contribution in [0.25, 0.3) is 0 Å². The lowest BCUT2D eigenvalue weighted by atomic mass is 9.90. The molecule has 0 aromatic rings. The van der Waals surface area contributed by atoms with Gasteiger partial charge in [-0.05, 0) is 12.8 Å². The lowest BCUT2D eigenvalue weighted by molar-refractivity contribution is -0.573. The van der Waals surface area contributed by atoms with Gasteiger partial charge in [-0.3, -0.25) is 15.8 Å². The summed E-state index contributed by atoms with van der Waals surface area (Å²) in [7, 11) is 0. The lowest BCUT2D eigenvalue weighted by Gasteiger charge is -2.24. The Bertz CT molecular complexity index is 141. The maximum absolute atomic E-state index is 10.4. The predicted octanol–water partition coefficient (Wildman–Crippen LogP) is 0.882. The molecule has 0 atom stereocenters. The van der Waals surface area contributed by atoms with E-state index >= 15 is 0 Å². The molecule has 1 aliphatic carbocycles. The van der Waals surface area contributed by atoms with Gasteiger partial charge in [0.2, 0.25) is 0 Å². The van der Waals surface area contributed by atoms with E-state index in [0.717, 1.165) is 19.3 Å². The first-order valence-electron chi connectivity index (χ1n) is 3.58. The van der Waals surface area contributed by atoms with Crippen molar-refractivity contribution < 1.29 is 4.92 Å². The molecule has 1 rings (SSSR count). The van der Waals surface area contributed by atoms with E-state index in [9.17, 15) is 10.1 Å². The Kier molecular flexibility index (Phi) is 1.89. The third-order valence-electron chi connectivity index (χ3n) is 2.08. The summed E-state index contributed by atoms with van der Waals surface area (Å²) < 4.78 is 0. The zero-order valence-electron chi connectivity index (χ0n) is 5.88. The van der Waals surface area contributed by atoms with E-state index in [4.69, 9.17) is 5.73 Å². The molecule has 0 radical (unpaired) electrons. The third kappa shape index (κ3) is 1.26. The van der Waals surface area contributed by atoms with Crippen LogP contribution in [0.1, 0.15) is 32.1 Å². The summed E-state index contributed by atoms with van der Waals surface area (Å²) in [5.74, 6) is 0. The molecule has 2 N–H and O–H groups in total. The molecule has 10 heavy (non-hydrogen) atoms. The van der Waals surface area contributed by atoms with E-state index in [-0.39, 0.29) is 4.92 Å². The van der Waals surface area contributed by atoms with Crippen LogP contribution in [0.4, 0.5) is 0 Å². The Balaban J connectivity index is 2.56. The van der Waals surface area contributed by atoms with Crippen LogP contribution in [0.2, 0.25) is 0 Å². The number of hydrogen-bond acceptors (Lipinski definition) is 3. The van der Waals surface area contributed by atoms with Gasteiger partial charge in [0.25, 0.3) is 5.66 Å². The molecule has 0 aromatic carbocycles. The van der Waals surface area contributed by atoms with Crippen LogP contribution in [-0.4, -0.2) is 10.6 Å². The smallest absolute Gasteiger partial charge is 0.266 e. The molecule has 0 unspecified atom stereocenters. The van der Waals surface area contributed by atoms with Crippen molar-refractivity contribution in [3.05, 3.63) is 10.1 Å². The van der Waals surface area contributed by atoms with Crippen LogP contribution in [0.15, 0.2) is 0 Å². The van der Waals surface area contributed by atoms with Crippen molar-refractivity contribution in [3.63, 3.8) is 0 Å². The molecule has 0 amide bonds. The van der Waals surface area contributed by atoms with Gasteiger partial charge in [-0.25, -0.2) is 0 Å². The van der Waals surface area contributed by atoms with Crippen molar-refractivity contribution in [2.24, 2.45) is 5.73 Å². The van der Waals surface area contributed by atoms with Gasteiger partial charge in [0.1, 0.15) is 0 Å². The summed E-state index contributed by atoms with van der Waals surface area (Å²) in [4.78, 5) is 10.0. The maximum atomic E-state index is 10.4. The van der Waals surface area contributed by atoms with Crippen LogP contribution in [0.3, 0.4) is 0 Å². The van der Waals surface area contributed by atoms with Crippen LogP contribution >= 0.6 is 0 Å². The van der Waals surface area contributed by atoms with Crippen LogP contribution in [0, 0.1) is 10.1 Å². The highest BCUT2D eigenvalue weighted by molar-refractivity contribution is 4.76. The quantitative estimate of drug-likeness (QED) is 0.337. The minimum Gasteiger partial charge on any atom is -0.266 e. The Labute approximate surface area is 59.6 Å². The normalized spacial score (nSPS) is 24.1. The minimum atomic E-state index is -1.10. The highest BCUT2D eigenvalue weighted by Gasteiger charge is 2.38. The van der Waals surface area contributed by atoms with E-state index in [1.165, 1.54) is 0 Å². The molecule has 0 aliphatic heterocycles. The van der Waals surface area contributed by atoms with Gasteiger partial charge in [0.15, 0.2) is 0 Å². The van der Waals surface area contributed by atoms with Crippen molar-refractivity contribution in [2.45, 2.75) is 37.8 Å². The Morgan fingerprint density at radius 1 is 1.30 bits per heavy atom. The van der Waals surface area contributed by atoms with Crippen LogP contribution < -0.4 is 5.73 Å². The fraction of sp³-hybridized carbons (Fsp3) is 1.00. The molecule has 58 valence electrons. The molecule has 0 aromatic heterocycles. The first-order valence-corrected chi connectivity index (χ1v) is 3.58. The van der Waals surface area contributed by atoms with Gasteiger partial charge in [0, 0.05) is 17.8 Å². The number of nitrogens with two attached hydrogens (primary N) is 1. The second-order valence-electron chi connectivity index (χ2n) is 2.92. The van der Waals surface area contributed by atoms with Gasteiger partial charge in [-0.1, -0.05) is 6.42 Å². The Morgan fingerprint density at radius 3 is 2.10 bits per heavy atom. The molecule has 1 fully saturated rings. The monoisotopic (exact) mass is 144 g/mol. The summed E-state index contributed by atoms with van der Waals surface area (Å²) in [6.07, 6.45) is 3.97. The molecule has 4 nitrogen and oxygen atoms in total. The summed E-state index contributed by atoms with van der Waals surface area (Å²) >= 11 is 0. The fourth-order valence-corrected chi connectivity index (χ4v) is 1.35. The van der Waals surface area contributed by atoms with Crippen LogP contribution in [0.5, 0.6) is 0 Å². The first-order chi connectivity index (χ1) is 4.65. The molecule has 0 saturated heterocycles. The second kappa shape index (κ2) is 2.54.